The summed E-state index contributed by atoms with van der Waals surface area (Å²) in [5.74, 6) is -0.895. The minimum Gasteiger partial charge on any atom is -0.444 e. The first kappa shape index (κ1) is 25.3. The van der Waals surface area contributed by atoms with Crippen molar-refractivity contribution in [2.24, 2.45) is 0 Å². The number of halogens is 3. The average molecular weight is 505 g/mol. The second-order valence-corrected chi connectivity index (χ2v) is 9.53. The molecule has 1 aliphatic rings. The van der Waals surface area contributed by atoms with Crippen LogP contribution in [0.3, 0.4) is 0 Å². The lowest BCUT2D eigenvalue weighted by Crippen LogP contribution is -2.43. The fraction of sp³-hybridized carbons (Fsp3) is 0.417. The number of hydrogen-bond donors (Lipinski definition) is 1. The highest BCUT2D eigenvalue weighted by Crippen LogP contribution is 2.32. The molecule has 2 amide bonds. The van der Waals surface area contributed by atoms with Crippen LogP contribution < -0.4 is 5.32 Å². The second kappa shape index (κ2) is 9.67. The van der Waals surface area contributed by atoms with E-state index in [0.717, 1.165) is 12.1 Å². The molecule has 2 atom stereocenters. The van der Waals surface area contributed by atoms with Gasteiger partial charge in [0, 0.05) is 30.5 Å². The molecule has 1 N–H and O–H groups in total. The Hall–Kier alpha value is -3.83. The Balaban J connectivity index is 1.46. The Bertz CT molecular complexity index is 1220. The van der Waals surface area contributed by atoms with Crippen molar-refractivity contribution in [2.75, 3.05) is 6.54 Å². The average Bonchev–Trinajstić information content (AvgIpc) is 3.54. The van der Waals surface area contributed by atoms with Crippen molar-refractivity contribution in [3.63, 3.8) is 0 Å². The number of likely N-dealkylation sites (tertiary alicyclic amines) is 1. The molecule has 0 saturated carbocycles. The first-order valence-corrected chi connectivity index (χ1v) is 11.3. The third-order valence-corrected chi connectivity index (χ3v) is 5.51. The summed E-state index contributed by atoms with van der Waals surface area (Å²) in [7, 11) is 0. The molecule has 0 aliphatic carbocycles. The van der Waals surface area contributed by atoms with E-state index in [2.05, 4.69) is 15.4 Å². The van der Waals surface area contributed by atoms with Crippen molar-refractivity contribution >= 4 is 12.0 Å². The normalized spacial score (nSPS) is 18.3. The monoisotopic (exact) mass is 505 g/mol. The van der Waals surface area contributed by atoms with Crippen molar-refractivity contribution in [1.82, 2.24) is 25.0 Å². The van der Waals surface area contributed by atoms with Crippen LogP contribution in [-0.2, 0) is 17.5 Å². The first-order valence-electron chi connectivity index (χ1n) is 11.3. The summed E-state index contributed by atoms with van der Waals surface area (Å²) in [6, 6.07) is 5.64. The summed E-state index contributed by atoms with van der Waals surface area (Å²) < 4.78 is 51.7. The van der Waals surface area contributed by atoms with Gasteiger partial charge in [0.05, 0.1) is 24.3 Å². The van der Waals surface area contributed by atoms with Crippen LogP contribution in [0.2, 0.25) is 0 Å². The predicted octanol–water partition coefficient (Wildman–Crippen LogP) is 4.36. The van der Waals surface area contributed by atoms with Crippen LogP contribution in [0.25, 0.3) is 11.3 Å². The smallest absolute Gasteiger partial charge is 0.416 e. The standard InChI is InChI=1S/C24H26F3N5O4/c1-23(2,3)36-22(34)32-13-17(11-18(32)14-31-9-5-8-29-31)30-20(33)21-28-12-19(35-21)15-6-4-7-16(10-15)24(25,26)27/h4-10,12,17-18H,11,13-14H2,1-3H3,(H,30,33)/t17-,18+/m1/s1. The second-order valence-electron chi connectivity index (χ2n) is 9.53. The molecule has 36 heavy (non-hydrogen) atoms. The lowest BCUT2D eigenvalue weighted by molar-refractivity contribution is -0.137. The van der Waals surface area contributed by atoms with Gasteiger partial charge in [0.25, 0.3) is 5.89 Å². The van der Waals surface area contributed by atoms with Crippen LogP contribution in [-0.4, -0.2) is 55.9 Å². The molecular formula is C24H26F3N5O4. The van der Waals surface area contributed by atoms with Crippen LogP contribution in [0.1, 0.15) is 43.4 Å². The summed E-state index contributed by atoms with van der Waals surface area (Å²) in [4.78, 5) is 31.1. The van der Waals surface area contributed by atoms with Gasteiger partial charge in [0.1, 0.15) is 5.60 Å². The lowest BCUT2D eigenvalue weighted by Gasteiger charge is -2.28. The predicted molar refractivity (Wildman–Crippen MR) is 122 cm³/mol. The summed E-state index contributed by atoms with van der Waals surface area (Å²) in [6.45, 7) is 5.93. The van der Waals surface area contributed by atoms with Crippen LogP contribution in [0.4, 0.5) is 18.0 Å². The number of carbonyl (C=O) groups is 2. The molecule has 1 saturated heterocycles. The van der Waals surface area contributed by atoms with Crippen molar-refractivity contribution in [3.8, 4) is 11.3 Å². The van der Waals surface area contributed by atoms with E-state index in [1.165, 1.54) is 18.3 Å². The number of aromatic nitrogens is 3. The minimum atomic E-state index is -4.51. The summed E-state index contributed by atoms with van der Waals surface area (Å²) in [5, 5.41) is 6.99. The zero-order valence-corrected chi connectivity index (χ0v) is 20.0. The van der Waals surface area contributed by atoms with Gasteiger partial charge < -0.3 is 19.4 Å². The van der Waals surface area contributed by atoms with Gasteiger partial charge in [0.15, 0.2) is 5.76 Å². The van der Waals surface area contributed by atoms with Crippen LogP contribution >= 0.6 is 0 Å². The molecule has 0 spiro atoms. The van der Waals surface area contributed by atoms with Crippen molar-refractivity contribution in [2.45, 2.75) is 57.6 Å². The van der Waals surface area contributed by atoms with Crippen molar-refractivity contribution in [1.29, 1.82) is 0 Å². The Labute approximate surface area is 205 Å². The molecule has 2 aromatic heterocycles. The maximum absolute atomic E-state index is 13.0. The molecule has 4 rings (SSSR count). The van der Waals surface area contributed by atoms with E-state index < -0.39 is 35.4 Å². The number of oxazole rings is 1. The molecule has 12 heteroatoms. The highest BCUT2D eigenvalue weighted by molar-refractivity contribution is 5.90. The Kier molecular flexibility index (Phi) is 6.79. The third-order valence-electron chi connectivity index (χ3n) is 5.51. The van der Waals surface area contributed by atoms with Gasteiger partial charge in [-0.25, -0.2) is 9.78 Å². The molecule has 0 unspecified atom stereocenters. The largest absolute Gasteiger partial charge is 0.444 e. The number of alkyl halides is 3. The number of benzene rings is 1. The van der Waals surface area contributed by atoms with E-state index >= 15 is 0 Å². The van der Waals surface area contributed by atoms with Crippen molar-refractivity contribution in [3.05, 3.63) is 60.4 Å². The van der Waals surface area contributed by atoms with E-state index in [-0.39, 0.29) is 29.8 Å². The molecule has 0 bridgehead atoms. The Morgan fingerprint density at radius 1 is 1.22 bits per heavy atom. The first-order chi connectivity index (χ1) is 16.9. The van der Waals surface area contributed by atoms with Gasteiger partial charge in [-0.1, -0.05) is 12.1 Å². The van der Waals surface area contributed by atoms with E-state index in [0.29, 0.717) is 13.0 Å². The molecule has 3 aromatic rings. The molecule has 1 fully saturated rings. The van der Waals surface area contributed by atoms with Crippen LogP contribution in [0.5, 0.6) is 0 Å². The highest BCUT2D eigenvalue weighted by atomic mass is 19.4. The quantitative estimate of drug-likeness (QED) is 0.553. The van der Waals surface area contributed by atoms with Gasteiger partial charge in [-0.2, -0.15) is 18.3 Å². The SMILES string of the molecule is CC(C)(C)OC(=O)N1C[C@H](NC(=O)c2ncc(-c3cccc(C(F)(F)F)c3)o2)C[C@H]1Cn1cccn1. The molecule has 0 radical (unpaired) electrons. The number of hydrogen-bond acceptors (Lipinski definition) is 6. The van der Waals surface area contributed by atoms with E-state index in [4.69, 9.17) is 9.15 Å². The highest BCUT2D eigenvalue weighted by Gasteiger charge is 2.39. The Morgan fingerprint density at radius 2 is 2.00 bits per heavy atom. The van der Waals surface area contributed by atoms with E-state index in [1.807, 2.05) is 0 Å². The molecule has 3 heterocycles. The summed E-state index contributed by atoms with van der Waals surface area (Å²) >= 11 is 0. The fourth-order valence-electron chi connectivity index (χ4n) is 3.97. The van der Waals surface area contributed by atoms with Gasteiger partial charge in [-0.3, -0.25) is 9.48 Å². The number of nitrogens with one attached hydrogen (secondary N) is 1. The summed E-state index contributed by atoms with van der Waals surface area (Å²) in [5.41, 5.74) is -1.38. The molecule has 192 valence electrons. The Morgan fingerprint density at radius 3 is 2.67 bits per heavy atom. The van der Waals surface area contributed by atoms with Crippen molar-refractivity contribution < 1.29 is 31.9 Å². The van der Waals surface area contributed by atoms with Gasteiger partial charge in [0.2, 0.25) is 0 Å². The van der Waals surface area contributed by atoms with Crippen LogP contribution in [0.15, 0.2) is 53.3 Å². The van der Waals surface area contributed by atoms with Gasteiger partial charge in [-0.15, -0.1) is 0 Å². The molecule has 1 aliphatic heterocycles. The molecular weight excluding hydrogens is 479 g/mol. The number of amides is 2. The maximum Gasteiger partial charge on any atom is 0.416 e. The number of nitrogens with zero attached hydrogens (tertiary/aromatic N) is 4. The minimum absolute atomic E-state index is 0.0320. The zero-order chi connectivity index (χ0) is 26.1. The maximum atomic E-state index is 13.0. The van der Waals surface area contributed by atoms with E-state index in [9.17, 15) is 22.8 Å². The number of rotatable bonds is 5. The van der Waals surface area contributed by atoms with Gasteiger partial charge in [-0.05, 0) is 45.4 Å². The number of carbonyl (C=O) groups excluding carboxylic acids is 2. The summed E-state index contributed by atoms with van der Waals surface area (Å²) in [6.07, 6.45) is 0.0429. The topological polar surface area (TPSA) is 102 Å². The molecule has 1 aromatic carbocycles. The van der Waals surface area contributed by atoms with Crippen LogP contribution in [0, 0.1) is 0 Å². The zero-order valence-electron chi connectivity index (χ0n) is 20.0. The molecule has 9 nitrogen and oxygen atoms in total. The number of ether oxygens (including phenoxy) is 1. The third kappa shape index (κ3) is 6.04. The fourth-order valence-corrected chi connectivity index (χ4v) is 3.97. The van der Waals surface area contributed by atoms with E-state index in [1.54, 1.807) is 48.8 Å². The van der Waals surface area contributed by atoms with Gasteiger partial charge >= 0.3 is 18.2 Å². The lowest BCUT2D eigenvalue weighted by atomic mass is 10.1.